The first-order chi connectivity index (χ1) is 5.54. The molecule has 0 bridgehead atoms. The summed E-state index contributed by atoms with van der Waals surface area (Å²) in [5.41, 5.74) is 0.0997. The van der Waals surface area contributed by atoms with Crippen LogP contribution in [0.4, 0.5) is 5.69 Å². The first kappa shape index (κ1) is 8.45. The highest BCUT2D eigenvalue weighted by molar-refractivity contribution is 5.33. The Kier molecular flexibility index (Phi) is 1.95. The lowest BCUT2D eigenvalue weighted by molar-refractivity contribution is -0.386. The van der Waals surface area contributed by atoms with E-state index in [2.05, 4.69) is 0 Å². The zero-order valence-electron chi connectivity index (χ0n) is 6.77. The van der Waals surface area contributed by atoms with Crippen molar-refractivity contribution >= 4 is 5.69 Å². The lowest BCUT2D eigenvalue weighted by Crippen LogP contribution is -2.18. The van der Waals surface area contributed by atoms with Gasteiger partial charge in [-0.05, 0) is 6.92 Å². The molecule has 1 aromatic heterocycles. The summed E-state index contributed by atoms with van der Waals surface area (Å²) in [6.07, 6.45) is 0. The van der Waals surface area contributed by atoms with Gasteiger partial charge in [-0.3, -0.25) is 14.9 Å². The van der Waals surface area contributed by atoms with Gasteiger partial charge in [0.15, 0.2) is 0 Å². The molecule has 0 spiro atoms. The van der Waals surface area contributed by atoms with Gasteiger partial charge in [-0.15, -0.1) is 0 Å². The first-order valence-electron chi connectivity index (χ1n) is 3.35. The van der Waals surface area contributed by atoms with Gasteiger partial charge in [0, 0.05) is 19.2 Å². The normalized spacial score (nSPS) is 9.83. The Balaban J connectivity index is 3.47. The van der Waals surface area contributed by atoms with Crippen LogP contribution in [0.3, 0.4) is 0 Å². The lowest BCUT2D eigenvalue weighted by atomic mass is 10.3. The molecule has 5 heteroatoms. The van der Waals surface area contributed by atoms with Crippen molar-refractivity contribution in [2.45, 2.75) is 6.92 Å². The minimum atomic E-state index is -0.505. The lowest BCUT2D eigenvalue weighted by Gasteiger charge is -2.01. The van der Waals surface area contributed by atoms with Gasteiger partial charge < -0.3 is 4.57 Å². The third-order valence-corrected chi connectivity index (χ3v) is 1.78. The van der Waals surface area contributed by atoms with E-state index in [-0.39, 0.29) is 11.2 Å². The summed E-state index contributed by atoms with van der Waals surface area (Å²) in [5.74, 6) is 0. The predicted octanol–water partition coefficient (Wildman–Crippen LogP) is 0.602. The third kappa shape index (κ3) is 1.20. The second-order valence-corrected chi connectivity index (χ2v) is 2.46. The van der Waals surface area contributed by atoms with Crippen LogP contribution >= 0.6 is 0 Å². The largest absolute Gasteiger partial charge is 0.310 e. The number of pyridine rings is 1. The molecule has 0 radical (unpaired) electrons. The topological polar surface area (TPSA) is 65.1 Å². The molecule has 0 unspecified atom stereocenters. The summed E-state index contributed by atoms with van der Waals surface area (Å²) in [4.78, 5) is 20.8. The number of rotatable bonds is 1. The predicted molar refractivity (Wildman–Crippen MR) is 43.1 cm³/mol. The van der Waals surface area contributed by atoms with Crippen LogP contribution in [0.1, 0.15) is 5.69 Å². The molecule has 1 aromatic rings. The average molecular weight is 168 g/mol. The van der Waals surface area contributed by atoms with Gasteiger partial charge in [-0.2, -0.15) is 0 Å². The zero-order valence-corrected chi connectivity index (χ0v) is 6.77. The Morgan fingerprint density at radius 3 is 2.58 bits per heavy atom. The Bertz CT molecular complexity index is 381. The fraction of sp³-hybridized carbons (Fsp3) is 0.286. The van der Waals surface area contributed by atoms with Crippen molar-refractivity contribution in [1.82, 2.24) is 4.57 Å². The van der Waals surface area contributed by atoms with Gasteiger partial charge in [0.05, 0.1) is 10.6 Å². The monoisotopic (exact) mass is 168 g/mol. The van der Waals surface area contributed by atoms with Gasteiger partial charge in [0.2, 0.25) is 0 Å². The van der Waals surface area contributed by atoms with Crippen LogP contribution in [-0.4, -0.2) is 9.49 Å². The van der Waals surface area contributed by atoms with Crippen molar-refractivity contribution in [3.63, 3.8) is 0 Å². The SMILES string of the molecule is Cc1c([N+](=O)[O-])ccc(=O)n1C. The molecule has 12 heavy (non-hydrogen) atoms. The zero-order chi connectivity index (χ0) is 9.30. The Morgan fingerprint density at radius 2 is 2.08 bits per heavy atom. The summed E-state index contributed by atoms with van der Waals surface area (Å²) in [7, 11) is 1.50. The molecule has 5 nitrogen and oxygen atoms in total. The fourth-order valence-corrected chi connectivity index (χ4v) is 0.913. The Hall–Kier alpha value is -1.65. The van der Waals surface area contributed by atoms with Crippen LogP contribution in [-0.2, 0) is 7.05 Å². The van der Waals surface area contributed by atoms with Crippen molar-refractivity contribution < 1.29 is 4.92 Å². The van der Waals surface area contributed by atoms with E-state index in [9.17, 15) is 14.9 Å². The molecule has 0 saturated carbocycles. The molecule has 1 heterocycles. The smallest absolute Gasteiger partial charge is 0.288 e. The maximum atomic E-state index is 11.0. The molecule has 1 rings (SSSR count). The van der Waals surface area contributed by atoms with E-state index < -0.39 is 4.92 Å². The maximum absolute atomic E-state index is 11.0. The molecular formula is C7H8N2O3. The van der Waals surface area contributed by atoms with Gasteiger partial charge in [0.25, 0.3) is 11.2 Å². The molecule has 0 aliphatic rings. The van der Waals surface area contributed by atoms with Gasteiger partial charge in [0.1, 0.15) is 0 Å². The highest BCUT2D eigenvalue weighted by Gasteiger charge is 2.11. The standard InChI is InChI=1S/C7H8N2O3/c1-5-6(9(11)12)3-4-7(10)8(5)2/h3-4H,1-2H3. The molecule has 0 N–H and O–H groups in total. The molecule has 0 saturated heterocycles. The summed E-state index contributed by atoms with van der Waals surface area (Å²) in [5, 5.41) is 10.4. The van der Waals surface area contributed by atoms with Crippen molar-refractivity contribution in [3.05, 3.63) is 38.3 Å². The van der Waals surface area contributed by atoms with Gasteiger partial charge in [-0.25, -0.2) is 0 Å². The molecule has 0 aliphatic carbocycles. The van der Waals surface area contributed by atoms with Crippen molar-refractivity contribution in [1.29, 1.82) is 0 Å². The van der Waals surface area contributed by atoms with Crippen molar-refractivity contribution in [2.75, 3.05) is 0 Å². The summed E-state index contributed by atoms with van der Waals surface area (Å²) in [6.45, 7) is 1.54. The summed E-state index contributed by atoms with van der Waals surface area (Å²) >= 11 is 0. The summed E-state index contributed by atoms with van der Waals surface area (Å²) < 4.78 is 1.25. The molecule has 0 aromatic carbocycles. The maximum Gasteiger partial charge on any atom is 0.288 e. The Labute approximate surface area is 68.4 Å². The van der Waals surface area contributed by atoms with Gasteiger partial charge >= 0.3 is 0 Å². The van der Waals surface area contributed by atoms with Crippen LogP contribution in [0.15, 0.2) is 16.9 Å². The van der Waals surface area contributed by atoms with Crippen molar-refractivity contribution in [3.8, 4) is 0 Å². The Morgan fingerprint density at radius 1 is 1.50 bits per heavy atom. The first-order valence-corrected chi connectivity index (χ1v) is 3.35. The third-order valence-electron chi connectivity index (χ3n) is 1.78. The summed E-state index contributed by atoms with van der Waals surface area (Å²) in [6, 6.07) is 2.41. The van der Waals surface area contributed by atoms with Crippen LogP contribution in [0.2, 0.25) is 0 Å². The highest BCUT2D eigenvalue weighted by atomic mass is 16.6. The van der Waals surface area contributed by atoms with Crippen LogP contribution in [0, 0.1) is 17.0 Å². The number of hydrogen-bond acceptors (Lipinski definition) is 3. The number of nitro groups is 1. The van der Waals surface area contributed by atoms with Gasteiger partial charge in [-0.1, -0.05) is 0 Å². The van der Waals surface area contributed by atoms with E-state index in [1.54, 1.807) is 6.92 Å². The van der Waals surface area contributed by atoms with E-state index in [0.717, 1.165) is 0 Å². The molecule has 0 aliphatic heterocycles. The average Bonchev–Trinajstić information content (AvgIpc) is 2.00. The molecule has 64 valence electrons. The molecule has 0 atom stereocenters. The van der Waals surface area contributed by atoms with E-state index in [1.165, 1.54) is 23.7 Å². The van der Waals surface area contributed by atoms with Crippen LogP contribution in [0.5, 0.6) is 0 Å². The van der Waals surface area contributed by atoms with Crippen LogP contribution < -0.4 is 5.56 Å². The number of hydrogen-bond donors (Lipinski definition) is 0. The van der Waals surface area contributed by atoms with E-state index in [4.69, 9.17) is 0 Å². The highest BCUT2D eigenvalue weighted by Crippen LogP contribution is 2.12. The second kappa shape index (κ2) is 2.77. The number of aromatic nitrogens is 1. The van der Waals surface area contributed by atoms with E-state index >= 15 is 0 Å². The minimum absolute atomic E-state index is 0.0305. The quantitative estimate of drug-likeness (QED) is 0.455. The number of nitrogens with zero attached hydrogens (tertiary/aromatic N) is 2. The van der Waals surface area contributed by atoms with E-state index in [0.29, 0.717) is 5.69 Å². The van der Waals surface area contributed by atoms with E-state index in [1.807, 2.05) is 0 Å². The molecule has 0 amide bonds. The fourth-order valence-electron chi connectivity index (χ4n) is 0.913. The van der Waals surface area contributed by atoms with Crippen molar-refractivity contribution in [2.24, 2.45) is 7.05 Å². The molecular weight excluding hydrogens is 160 g/mol. The second-order valence-electron chi connectivity index (χ2n) is 2.46. The minimum Gasteiger partial charge on any atom is -0.310 e. The molecule has 0 fully saturated rings. The van der Waals surface area contributed by atoms with Crippen LogP contribution in [0.25, 0.3) is 0 Å².